The largest absolute Gasteiger partial charge is 0.378 e. The van der Waals surface area contributed by atoms with Crippen LogP contribution in [-0.4, -0.2) is 29.2 Å². The molecule has 1 fully saturated rings. The second kappa shape index (κ2) is 8.35. The first-order valence-electron chi connectivity index (χ1n) is 9.51. The zero-order chi connectivity index (χ0) is 18.7. The molecule has 0 bridgehead atoms. The summed E-state index contributed by atoms with van der Waals surface area (Å²) in [4.78, 5) is 25.3. The third-order valence-corrected chi connectivity index (χ3v) is 6.29. The maximum Gasteiger partial charge on any atom is 0.259 e. The molecule has 0 atom stereocenters. The van der Waals surface area contributed by atoms with E-state index in [0.717, 1.165) is 55.4 Å². The van der Waals surface area contributed by atoms with Gasteiger partial charge in [0.15, 0.2) is 0 Å². The van der Waals surface area contributed by atoms with Gasteiger partial charge in [-0.1, -0.05) is 13.3 Å². The molecule has 2 aromatic heterocycles. The molecule has 0 aromatic carbocycles. The number of fused-ring (bicyclic) bond motifs is 1. The van der Waals surface area contributed by atoms with Gasteiger partial charge in [-0.05, 0) is 44.6 Å². The van der Waals surface area contributed by atoms with Crippen LogP contribution in [0.1, 0.15) is 61.4 Å². The van der Waals surface area contributed by atoms with E-state index in [1.165, 1.54) is 11.3 Å². The number of nitrogens with zero attached hydrogens (tertiary/aromatic N) is 1. The number of carbonyl (C=O) groups excluding carboxylic acids is 1. The number of ether oxygens (including phenoxy) is 1. The average molecular weight is 377 g/mol. The number of rotatable bonds is 6. The summed E-state index contributed by atoms with van der Waals surface area (Å²) in [5.41, 5.74) is 1.43. The van der Waals surface area contributed by atoms with Crippen LogP contribution in [0.3, 0.4) is 0 Å². The SMILES string of the molecule is CCCCO[C@H]1CC[C@H](NC(=O)c2csc3c(C)cn(C)c(=O)c23)CC1. The highest BCUT2D eigenvalue weighted by Crippen LogP contribution is 2.27. The van der Waals surface area contributed by atoms with Gasteiger partial charge >= 0.3 is 0 Å². The number of thiophene rings is 1. The average Bonchev–Trinajstić information content (AvgIpc) is 3.07. The predicted octanol–water partition coefficient (Wildman–Crippen LogP) is 3.77. The number of aromatic nitrogens is 1. The Morgan fingerprint density at radius 3 is 2.77 bits per heavy atom. The van der Waals surface area contributed by atoms with Gasteiger partial charge in [0.25, 0.3) is 11.5 Å². The maximum atomic E-state index is 12.8. The van der Waals surface area contributed by atoms with Crippen molar-refractivity contribution in [2.45, 2.75) is 64.5 Å². The summed E-state index contributed by atoms with van der Waals surface area (Å²) < 4.78 is 8.36. The van der Waals surface area contributed by atoms with Gasteiger partial charge in [-0.25, -0.2) is 0 Å². The maximum absolute atomic E-state index is 12.8. The normalized spacial score (nSPS) is 20.4. The third kappa shape index (κ3) is 4.01. The first kappa shape index (κ1) is 19.1. The zero-order valence-corrected chi connectivity index (χ0v) is 16.7. The molecule has 142 valence electrons. The highest BCUT2D eigenvalue weighted by Gasteiger charge is 2.25. The predicted molar refractivity (Wildman–Crippen MR) is 106 cm³/mol. The first-order valence-corrected chi connectivity index (χ1v) is 10.4. The fourth-order valence-electron chi connectivity index (χ4n) is 3.64. The molecule has 1 amide bonds. The molecule has 3 rings (SSSR count). The van der Waals surface area contributed by atoms with Gasteiger partial charge in [0, 0.05) is 36.0 Å². The fraction of sp³-hybridized carbons (Fsp3) is 0.600. The van der Waals surface area contributed by atoms with E-state index in [4.69, 9.17) is 4.74 Å². The van der Waals surface area contributed by atoms with Gasteiger partial charge in [-0.15, -0.1) is 11.3 Å². The molecule has 0 unspecified atom stereocenters. The summed E-state index contributed by atoms with van der Waals surface area (Å²) in [7, 11) is 1.73. The zero-order valence-electron chi connectivity index (χ0n) is 15.8. The number of nitrogens with one attached hydrogen (secondary N) is 1. The molecule has 2 heterocycles. The minimum Gasteiger partial charge on any atom is -0.378 e. The second-order valence-electron chi connectivity index (χ2n) is 7.25. The molecule has 0 saturated heterocycles. The molecular formula is C20H28N2O3S. The third-order valence-electron chi connectivity index (χ3n) is 5.18. The summed E-state index contributed by atoms with van der Waals surface area (Å²) in [6, 6.07) is 0.164. The summed E-state index contributed by atoms with van der Waals surface area (Å²) >= 11 is 1.47. The molecule has 26 heavy (non-hydrogen) atoms. The van der Waals surface area contributed by atoms with Crippen LogP contribution in [0.5, 0.6) is 0 Å². The van der Waals surface area contributed by atoms with E-state index in [0.29, 0.717) is 17.1 Å². The molecule has 1 aliphatic carbocycles. The van der Waals surface area contributed by atoms with E-state index >= 15 is 0 Å². The molecule has 0 aliphatic heterocycles. The first-order chi connectivity index (χ1) is 12.5. The summed E-state index contributed by atoms with van der Waals surface area (Å²) in [6.45, 7) is 4.97. The van der Waals surface area contributed by atoms with Crippen molar-refractivity contribution < 1.29 is 9.53 Å². The molecule has 6 heteroatoms. The highest BCUT2D eigenvalue weighted by atomic mass is 32.1. The lowest BCUT2D eigenvalue weighted by Crippen LogP contribution is -2.39. The van der Waals surface area contributed by atoms with Gasteiger partial charge in [-0.3, -0.25) is 9.59 Å². The smallest absolute Gasteiger partial charge is 0.259 e. The van der Waals surface area contributed by atoms with E-state index in [9.17, 15) is 9.59 Å². The van der Waals surface area contributed by atoms with E-state index in [1.54, 1.807) is 11.6 Å². The number of hydrogen-bond donors (Lipinski definition) is 1. The van der Waals surface area contributed by atoms with Crippen LogP contribution >= 0.6 is 11.3 Å². The molecule has 1 N–H and O–H groups in total. The minimum absolute atomic E-state index is 0.106. The Morgan fingerprint density at radius 1 is 1.35 bits per heavy atom. The van der Waals surface area contributed by atoms with Gasteiger partial charge in [0.05, 0.1) is 17.1 Å². The number of unbranched alkanes of at least 4 members (excludes halogenated alkanes) is 1. The lowest BCUT2D eigenvalue weighted by atomic mass is 9.92. The van der Waals surface area contributed by atoms with Gasteiger partial charge in [0.1, 0.15) is 0 Å². The topological polar surface area (TPSA) is 60.3 Å². The summed E-state index contributed by atoms with van der Waals surface area (Å²) in [5, 5.41) is 5.49. The van der Waals surface area contributed by atoms with Crippen molar-refractivity contribution in [3.8, 4) is 0 Å². The second-order valence-corrected chi connectivity index (χ2v) is 8.13. The van der Waals surface area contributed by atoms with E-state index < -0.39 is 0 Å². The van der Waals surface area contributed by atoms with Crippen LogP contribution in [0.4, 0.5) is 0 Å². The van der Waals surface area contributed by atoms with Crippen LogP contribution in [-0.2, 0) is 11.8 Å². The van der Waals surface area contributed by atoms with Crippen LogP contribution in [0.2, 0.25) is 0 Å². The van der Waals surface area contributed by atoms with Crippen molar-refractivity contribution in [3.05, 3.63) is 33.1 Å². The Kier molecular flexibility index (Phi) is 6.14. The van der Waals surface area contributed by atoms with Crippen molar-refractivity contribution in [1.82, 2.24) is 9.88 Å². The molecule has 0 spiro atoms. The van der Waals surface area contributed by atoms with Crippen LogP contribution in [0.25, 0.3) is 10.1 Å². The lowest BCUT2D eigenvalue weighted by molar-refractivity contribution is 0.0209. The molecule has 2 aromatic rings. The van der Waals surface area contributed by atoms with Gasteiger partial charge in [-0.2, -0.15) is 0 Å². The number of pyridine rings is 1. The van der Waals surface area contributed by atoms with Crippen molar-refractivity contribution in [1.29, 1.82) is 0 Å². The van der Waals surface area contributed by atoms with E-state index in [1.807, 2.05) is 18.5 Å². The Labute approximate surface area is 158 Å². The Bertz CT molecular complexity index is 831. The Hall–Kier alpha value is -1.66. The quantitative estimate of drug-likeness (QED) is 0.781. The standard InChI is InChI=1S/C20H28N2O3S/c1-4-5-10-25-15-8-6-14(7-9-15)21-19(23)16-12-26-18-13(2)11-22(3)20(24)17(16)18/h11-12,14-15H,4-10H2,1-3H3,(H,21,23)/t14-,15-. The number of aryl methyl sites for hydroxylation is 2. The van der Waals surface area contributed by atoms with Crippen LogP contribution < -0.4 is 10.9 Å². The molecule has 0 radical (unpaired) electrons. The van der Waals surface area contributed by atoms with Crippen LogP contribution in [0.15, 0.2) is 16.4 Å². The van der Waals surface area contributed by atoms with Gasteiger partial charge < -0.3 is 14.6 Å². The number of carbonyl (C=O) groups is 1. The Balaban J connectivity index is 1.65. The fourth-order valence-corrected chi connectivity index (χ4v) is 4.66. The molecular weight excluding hydrogens is 348 g/mol. The number of amides is 1. The monoisotopic (exact) mass is 376 g/mol. The molecule has 1 saturated carbocycles. The molecule has 1 aliphatic rings. The Morgan fingerprint density at radius 2 is 2.08 bits per heavy atom. The van der Waals surface area contributed by atoms with Crippen molar-refractivity contribution in [2.24, 2.45) is 7.05 Å². The summed E-state index contributed by atoms with van der Waals surface area (Å²) in [6.07, 6.45) is 8.24. The van der Waals surface area contributed by atoms with E-state index in [-0.39, 0.29) is 17.5 Å². The molecule has 5 nitrogen and oxygen atoms in total. The highest BCUT2D eigenvalue weighted by molar-refractivity contribution is 7.17. The lowest BCUT2D eigenvalue weighted by Gasteiger charge is -2.29. The summed E-state index contributed by atoms with van der Waals surface area (Å²) in [5.74, 6) is -0.130. The minimum atomic E-state index is -0.130. The van der Waals surface area contributed by atoms with Crippen molar-refractivity contribution in [3.63, 3.8) is 0 Å². The van der Waals surface area contributed by atoms with Gasteiger partial charge in [0.2, 0.25) is 0 Å². The van der Waals surface area contributed by atoms with E-state index in [2.05, 4.69) is 12.2 Å². The van der Waals surface area contributed by atoms with Crippen molar-refractivity contribution in [2.75, 3.05) is 6.61 Å². The van der Waals surface area contributed by atoms with Crippen LogP contribution in [0, 0.1) is 6.92 Å². The van der Waals surface area contributed by atoms with Crippen molar-refractivity contribution >= 4 is 27.3 Å². The number of hydrogen-bond acceptors (Lipinski definition) is 4.